The average molecular weight is 337 g/mol. The van der Waals surface area contributed by atoms with Gasteiger partial charge in [-0.1, -0.05) is 36.4 Å². The molecule has 0 saturated heterocycles. The fourth-order valence-electron chi connectivity index (χ4n) is 3.34. The molecule has 0 fully saturated rings. The van der Waals surface area contributed by atoms with Crippen LogP contribution in [0.1, 0.15) is 34.0 Å². The highest BCUT2D eigenvalue weighted by atomic mass is 16.2. The Balaban J connectivity index is 1.74. The second-order valence-corrected chi connectivity index (χ2v) is 6.90. The van der Waals surface area contributed by atoms with Crippen LogP contribution < -0.4 is 11.5 Å². The molecule has 1 aliphatic heterocycles. The molecule has 0 bridgehead atoms. The zero-order valence-electron chi connectivity index (χ0n) is 14.4. The molecule has 5 nitrogen and oxygen atoms in total. The summed E-state index contributed by atoms with van der Waals surface area (Å²) >= 11 is 0. The van der Waals surface area contributed by atoms with E-state index in [0.717, 1.165) is 16.7 Å². The number of nitrogens with two attached hydrogens (primary N) is 2. The third-order valence-electron chi connectivity index (χ3n) is 4.69. The second-order valence-electron chi connectivity index (χ2n) is 6.90. The van der Waals surface area contributed by atoms with Crippen molar-refractivity contribution in [3.8, 4) is 0 Å². The van der Waals surface area contributed by atoms with Gasteiger partial charge < -0.3 is 16.4 Å². The van der Waals surface area contributed by atoms with Crippen molar-refractivity contribution in [1.82, 2.24) is 4.90 Å². The van der Waals surface area contributed by atoms with Crippen molar-refractivity contribution in [3.05, 3.63) is 70.8 Å². The van der Waals surface area contributed by atoms with E-state index in [-0.39, 0.29) is 5.91 Å². The van der Waals surface area contributed by atoms with Crippen molar-refractivity contribution in [1.29, 1.82) is 0 Å². The van der Waals surface area contributed by atoms with Crippen LogP contribution in [0.5, 0.6) is 0 Å². The Morgan fingerprint density at radius 2 is 1.84 bits per heavy atom. The molecular weight excluding hydrogens is 314 g/mol. The van der Waals surface area contributed by atoms with Crippen LogP contribution in [0.25, 0.3) is 0 Å². The molecule has 3 rings (SSSR count). The summed E-state index contributed by atoms with van der Waals surface area (Å²) in [6.07, 6.45) is 1.19. The van der Waals surface area contributed by atoms with Gasteiger partial charge in [-0.25, -0.2) is 0 Å². The lowest BCUT2D eigenvalue weighted by molar-refractivity contribution is -0.137. The molecule has 5 heteroatoms. The predicted octanol–water partition coefficient (Wildman–Crippen LogP) is 1.63. The van der Waals surface area contributed by atoms with Crippen LogP contribution in [0.15, 0.2) is 48.5 Å². The number of carbonyl (C=O) groups is 2. The number of benzene rings is 2. The summed E-state index contributed by atoms with van der Waals surface area (Å²) in [4.78, 5) is 26.0. The van der Waals surface area contributed by atoms with Crippen LogP contribution in [-0.4, -0.2) is 28.8 Å². The Bertz CT molecular complexity index is 800. The summed E-state index contributed by atoms with van der Waals surface area (Å²) in [6.45, 7) is 2.89. The molecule has 25 heavy (non-hydrogen) atoms. The first-order chi connectivity index (χ1) is 11.9. The fraction of sp³-hybridized carbons (Fsp3) is 0.300. The maximum absolute atomic E-state index is 12.9. The molecule has 0 spiro atoms. The van der Waals surface area contributed by atoms with Crippen LogP contribution in [-0.2, 0) is 24.2 Å². The van der Waals surface area contributed by atoms with Crippen LogP contribution >= 0.6 is 0 Å². The molecule has 2 aromatic carbocycles. The molecule has 1 atom stereocenters. The minimum absolute atomic E-state index is 0.0546. The van der Waals surface area contributed by atoms with E-state index in [1.165, 1.54) is 0 Å². The number of hydrogen-bond donors (Lipinski definition) is 2. The molecule has 0 aliphatic carbocycles. The van der Waals surface area contributed by atoms with Crippen molar-refractivity contribution in [2.24, 2.45) is 11.5 Å². The van der Waals surface area contributed by atoms with Crippen molar-refractivity contribution in [3.63, 3.8) is 0 Å². The van der Waals surface area contributed by atoms with Crippen LogP contribution in [0.2, 0.25) is 0 Å². The molecule has 4 N–H and O–H groups in total. The van der Waals surface area contributed by atoms with Gasteiger partial charge in [0, 0.05) is 18.7 Å². The highest BCUT2D eigenvalue weighted by molar-refractivity contribution is 5.93. The van der Waals surface area contributed by atoms with Crippen LogP contribution in [0.4, 0.5) is 0 Å². The third kappa shape index (κ3) is 3.72. The molecule has 1 aliphatic rings. The van der Waals surface area contributed by atoms with Gasteiger partial charge in [-0.05, 0) is 48.6 Å². The van der Waals surface area contributed by atoms with Crippen LogP contribution in [0, 0.1) is 0 Å². The van der Waals surface area contributed by atoms with Crippen molar-refractivity contribution < 1.29 is 9.59 Å². The third-order valence-corrected chi connectivity index (χ3v) is 4.69. The van der Waals surface area contributed by atoms with Gasteiger partial charge >= 0.3 is 0 Å². The van der Waals surface area contributed by atoms with Gasteiger partial charge in [0.2, 0.25) is 11.8 Å². The summed E-state index contributed by atoms with van der Waals surface area (Å²) in [5.41, 5.74) is 14.4. The molecule has 0 aromatic heterocycles. The minimum atomic E-state index is -0.952. The van der Waals surface area contributed by atoms with E-state index in [1.807, 2.05) is 42.5 Å². The first-order valence-electron chi connectivity index (χ1n) is 8.40. The zero-order chi connectivity index (χ0) is 18.0. The van der Waals surface area contributed by atoms with Gasteiger partial charge in [0.25, 0.3) is 0 Å². The van der Waals surface area contributed by atoms with Gasteiger partial charge in [-0.2, -0.15) is 0 Å². The number of nitrogens with zero attached hydrogens (tertiary/aromatic N) is 1. The van der Waals surface area contributed by atoms with Gasteiger partial charge in [-0.15, -0.1) is 0 Å². The van der Waals surface area contributed by atoms with E-state index in [1.54, 1.807) is 17.9 Å². The summed E-state index contributed by atoms with van der Waals surface area (Å²) in [6, 6.07) is 15.2. The van der Waals surface area contributed by atoms with Gasteiger partial charge in [0.15, 0.2) is 0 Å². The Labute approximate surface area is 147 Å². The van der Waals surface area contributed by atoms with E-state index >= 15 is 0 Å². The van der Waals surface area contributed by atoms with Crippen molar-refractivity contribution in [2.75, 3.05) is 6.54 Å². The number of primary amides is 1. The van der Waals surface area contributed by atoms with E-state index in [2.05, 4.69) is 0 Å². The zero-order valence-corrected chi connectivity index (χ0v) is 14.4. The molecule has 1 heterocycles. The van der Waals surface area contributed by atoms with Crippen molar-refractivity contribution >= 4 is 11.8 Å². The molecule has 2 aromatic rings. The Morgan fingerprint density at radius 3 is 2.52 bits per heavy atom. The minimum Gasteiger partial charge on any atom is -0.366 e. The Morgan fingerprint density at radius 1 is 1.12 bits per heavy atom. The monoisotopic (exact) mass is 337 g/mol. The van der Waals surface area contributed by atoms with Gasteiger partial charge in [0.1, 0.15) is 0 Å². The first-order valence-corrected chi connectivity index (χ1v) is 8.40. The van der Waals surface area contributed by atoms with Gasteiger partial charge in [0.05, 0.1) is 5.54 Å². The lowest BCUT2D eigenvalue weighted by atomic mass is 9.90. The highest BCUT2D eigenvalue weighted by Gasteiger charge is 2.34. The molecule has 0 radical (unpaired) electrons. The molecule has 2 amide bonds. The average Bonchev–Trinajstić information content (AvgIpc) is 2.60. The topological polar surface area (TPSA) is 89.4 Å². The van der Waals surface area contributed by atoms with Gasteiger partial charge in [-0.3, -0.25) is 9.59 Å². The number of fused-ring (bicyclic) bond motifs is 1. The summed E-state index contributed by atoms with van der Waals surface area (Å²) in [5.74, 6) is -0.486. The van der Waals surface area contributed by atoms with Crippen molar-refractivity contribution in [2.45, 2.75) is 31.8 Å². The van der Waals surface area contributed by atoms with E-state index < -0.39 is 11.4 Å². The largest absolute Gasteiger partial charge is 0.366 e. The lowest BCUT2D eigenvalue weighted by Gasteiger charge is -2.35. The molecule has 1 unspecified atom stereocenters. The molecular formula is C20H23N3O2. The predicted molar refractivity (Wildman–Crippen MR) is 96.8 cm³/mol. The highest BCUT2D eigenvalue weighted by Crippen LogP contribution is 2.23. The maximum atomic E-state index is 12.9. The summed E-state index contributed by atoms with van der Waals surface area (Å²) < 4.78 is 0. The summed E-state index contributed by atoms with van der Waals surface area (Å²) in [5, 5.41) is 0. The smallest absolute Gasteiger partial charge is 0.248 e. The standard InChI is InChI=1S/C20H23N3O2/c1-20(22,12-14-5-3-2-4-6-14)19(25)23-10-9-15-11-16(18(21)24)7-8-17(15)13-23/h2-8,11H,9-10,12-13,22H2,1H3,(H2,21,24). The lowest BCUT2D eigenvalue weighted by Crippen LogP contribution is -2.55. The quantitative estimate of drug-likeness (QED) is 0.888. The van der Waals surface area contributed by atoms with E-state index in [0.29, 0.717) is 31.5 Å². The maximum Gasteiger partial charge on any atom is 0.248 e. The number of carbonyl (C=O) groups excluding carboxylic acids is 2. The second kappa shape index (κ2) is 6.69. The number of rotatable bonds is 4. The Kier molecular flexibility index (Phi) is 4.59. The fourth-order valence-corrected chi connectivity index (χ4v) is 3.34. The first kappa shape index (κ1) is 17.2. The molecule has 130 valence electrons. The summed E-state index contributed by atoms with van der Waals surface area (Å²) in [7, 11) is 0. The van der Waals surface area contributed by atoms with E-state index in [4.69, 9.17) is 11.5 Å². The SMILES string of the molecule is CC(N)(Cc1ccccc1)C(=O)N1CCc2cc(C(N)=O)ccc2C1. The number of hydrogen-bond acceptors (Lipinski definition) is 3. The Hall–Kier alpha value is -2.66. The van der Waals surface area contributed by atoms with Crippen LogP contribution in [0.3, 0.4) is 0 Å². The normalized spacial score (nSPS) is 16.0. The molecule has 0 saturated carbocycles. The number of amides is 2. The van der Waals surface area contributed by atoms with E-state index in [9.17, 15) is 9.59 Å².